The number of ether oxygens (including phenoxy) is 1. The Balaban J connectivity index is 1.69. The van der Waals surface area contributed by atoms with Crippen molar-refractivity contribution < 1.29 is 28.6 Å². The van der Waals surface area contributed by atoms with Crippen LogP contribution in [-0.2, 0) is 25.0 Å². The molecule has 0 saturated heterocycles. The van der Waals surface area contributed by atoms with Gasteiger partial charge in [-0.3, -0.25) is 14.3 Å². The van der Waals surface area contributed by atoms with Crippen LogP contribution in [0.5, 0.6) is 5.75 Å². The number of halogens is 1. The van der Waals surface area contributed by atoms with Crippen LogP contribution in [0.4, 0.5) is 15.8 Å². The fourth-order valence-corrected chi connectivity index (χ4v) is 4.59. The second kappa shape index (κ2) is 9.81. The van der Waals surface area contributed by atoms with Crippen LogP contribution in [0, 0.1) is 5.82 Å². The third-order valence-corrected chi connectivity index (χ3v) is 6.26. The highest BCUT2D eigenvalue weighted by Gasteiger charge is 2.33. The summed E-state index contributed by atoms with van der Waals surface area (Å²) in [6, 6.07) is 17.6. The van der Waals surface area contributed by atoms with Gasteiger partial charge in [0, 0.05) is 30.7 Å². The standard InChI is InChI=1S/C28H23FN4O5/c1-16(34)30-24-19(28(36)37)10-7-12-22(24)33(14-17-8-3-5-11-21(17)29)27(35)25-20-15-38-23-13-6-4-9-18(23)26(20)32(2)31-25/h3-13H,14-15H2,1-2H3,(H,30,34)(H,36,37). The van der Waals surface area contributed by atoms with Gasteiger partial charge < -0.3 is 20.1 Å². The van der Waals surface area contributed by atoms with Crippen molar-refractivity contribution in [1.82, 2.24) is 9.78 Å². The first-order valence-corrected chi connectivity index (χ1v) is 11.7. The molecular weight excluding hydrogens is 491 g/mol. The molecule has 5 rings (SSSR count). The SMILES string of the molecule is CC(=O)Nc1c(C(=O)O)cccc1N(Cc1ccccc1F)C(=O)c1nn(C)c2c1COc1ccccc1-2. The van der Waals surface area contributed by atoms with Crippen molar-refractivity contribution in [3.63, 3.8) is 0 Å². The van der Waals surface area contributed by atoms with E-state index in [1.807, 2.05) is 24.3 Å². The first-order chi connectivity index (χ1) is 18.3. The Morgan fingerprint density at radius 2 is 1.82 bits per heavy atom. The van der Waals surface area contributed by atoms with Gasteiger partial charge in [0.2, 0.25) is 5.91 Å². The number of anilines is 2. The van der Waals surface area contributed by atoms with Crippen LogP contribution in [0.25, 0.3) is 11.3 Å². The fraction of sp³-hybridized carbons (Fsp3) is 0.143. The van der Waals surface area contributed by atoms with E-state index in [4.69, 9.17) is 4.74 Å². The monoisotopic (exact) mass is 514 g/mol. The third kappa shape index (κ3) is 4.36. The molecule has 38 heavy (non-hydrogen) atoms. The molecule has 0 unspecified atom stereocenters. The van der Waals surface area contributed by atoms with Gasteiger partial charge in [-0.05, 0) is 30.3 Å². The van der Waals surface area contributed by atoms with Gasteiger partial charge >= 0.3 is 5.97 Å². The predicted octanol–water partition coefficient (Wildman–Crippen LogP) is 4.62. The Labute approximate surface area is 217 Å². The number of carbonyl (C=O) groups is 3. The minimum Gasteiger partial charge on any atom is -0.488 e. The summed E-state index contributed by atoms with van der Waals surface area (Å²) >= 11 is 0. The van der Waals surface area contributed by atoms with E-state index in [0.717, 1.165) is 5.56 Å². The van der Waals surface area contributed by atoms with Crippen molar-refractivity contribution in [2.45, 2.75) is 20.1 Å². The Hall–Kier alpha value is -4.99. The smallest absolute Gasteiger partial charge is 0.337 e. The molecule has 2 heterocycles. The molecule has 0 spiro atoms. The predicted molar refractivity (Wildman–Crippen MR) is 138 cm³/mol. The zero-order valence-electron chi connectivity index (χ0n) is 20.6. The van der Waals surface area contributed by atoms with Crippen LogP contribution in [0.3, 0.4) is 0 Å². The van der Waals surface area contributed by atoms with Gasteiger partial charge in [-0.2, -0.15) is 5.10 Å². The van der Waals surface area contributed by atoms with Crippen molar-refractivity contribution in [2.75, 3.05) is 10.2 Å². The molecule has 3 aromatic carbocycles. The zero-order valence-corrected chi connectivity index (χ0v) is 20.6. The van der Waals surface area contributed by atoms with Gasteiger partial charge in [0.15, 0.2) is 5.69 Å². The highest BCUT2D eigenvalue weighted by atomic mass is 19.1. The number of rotatable bonds is 6. The minimum atomic E-state index is -1.30. The number of para-hydroxylation sites is 2. The molecular formula is C28H23FN4O5. The molecule has 2 amide bonds. The lowest BCUT2D eigenvalue weighted by Gasteiger charge is -2.26. The largest absolute Gasteiger partial charge is 0.488 e. The van der Waals surface area contributed by atoms with Gasteiger partial charge in [-0.1, -0.05) is 36.4 Å². The molecule has 4 aromatic rings. The first kappa shape index (κ1) is 24.7. The van der Waals surface area contributed by atoms with E-state index >= 15 is 0 Å². The van der Waals surface area contributed by atoms with E-state index in [-0.39, 0.29) is 41.3 Å². The third-order valence-electron chi connectivity index (χ3n) is 6.26. The van der Waals surface area contributed by atoms with Crippen molar-refractivity contribution >= 4 is 29.2 Å². The zero-order chi connectivity index (χ0) is 27.0. The van der Waals surface area contributed by atoms with Crippen LogP contribution in [0.2, 0.25) is 0 Å². The lowest BCUT2D eigenvalue weighted by atomic mass is 10.0. The molecule has 192 valence electrons. The molecule has 1 aromatic heterocycles. The number of amides is 2. The Morgan fingerprint density at radius 3 is 2.55 bits per heavy atom. The molecule has 9 nitrogen and oxygen atoms in total. The molecule has 0 aliphatic carbocycles. The second-order valence-electron chi connectivity index (χ2n) is 8.75. The summed E-state index contributed by atoms with van der Waals surface area (Å²) in [6.45, 7) is 1.07. The summed E-state index contributed by atoms with van der Waals surface area (Å²) in [5.41, 5.74) is 2.09. The number of carboxylic acids is 1. The minimum absolute atomic E-state index is 0.0721. The lowest BCUT2D eigenvalue weighted by molar-refractivity contribution is -0.114. The van der Waals surface area contributed by atoms with Gasteiger partial charge in [0.05, 0.1) is 29.2 Å². The lowest BCUT2D eigenvalue weighted by Crippen LogP contribution is -2.33. The van der Waals surface area contributed by atoms with E-state index in [1.54, 1.807) is 17.8 Å². The number of nitrogens with zero attached hydrogens (tertiary/aromatic N) is 3. The summed E-state index contributed by atoms with van der Waals surface area (Å²) in [5, 5.41) is 16.8. The molecule has 1 aliphatic heterocycles. The summed E-state index contributed by atoms with van der Waals surface area (Å²) in [5.74, 6) is -2.32. The second-order valence-corrected chi connectivity index (χ2v) is 8.75. The summed E-state index contributed by atoms with van der Waals surface area (Å²) in [4.78, 5) is 39.4. The summed E-state index contributed by atoms with van der Waals surface area (Å²) in [6.07, 6.45) is 0. The van der Waals surface area contributed by atoms with E-state index in [1.165, 1.54) is 48.2 Å². The molecule has 0 atom stereocenters. The number of aromatic nitrogens is 2. The first-order valence-electron chi connectivity index (χ1n) is 11.7. The highest BCUT2D eigenvalue weighted by molar-refractivity contribution is 6.12. The number of aryl methyl sites for hydroxylation is 1. The molecule has 0 bridgehead atoms. The van der Waals surface area contributed by atoms with E-state index in [2.05, 4.69) is 10.4 Å². The highest BCUT2D eigenvalue weighted by Crippen LogP contribution is 2.40. The van der Waals surface area contributed by atoms with Gasteiger partial charge in [0.1, 0.15) is 18.2 Å². The molecule has 10 heteroatoms. The quantitative estimate of drug-likeness (QED) is 0.388. The van der Waals surface area contributed by atoms with Crippen molar-refractivity contribution in [1.29, 1.82) is 0 Å². The van der Waals surface area contributed by atoms with Crippen LogP contribution in [0.15, 0.2) is 66.7 Å². The van der Waals surface area contributed by atoms with E-state index < -0.39 is 23.6 Å². The molecule has 0 radical (unpaired) electrons. The Bertz CT molecular complexity index is 1600. The number of carbonyl (C=O) groups excluding carboxylic acids is 2. The normalized spacial score (nSPS) is 11.7. The van der Waals surface area contributed by atoms with Crippen LogP contribution >= 0.6 is 0 Å². The molecule has 0 saturated carbocycles. The maximum absolute atomic E-state index is 14.8. The summed E-state index contributed by atoms with van der Waals surface area (Å²) in [7, 11) is 1.71. The number of hydrogen-bond donors (Lipinski definition) is 2. The number of hydrogen-bond acceptors (Lipinski definition) is 5. The molecule has 0 fully saturated rings. The summed E-state index contributed by atoms with van der Waals surface area (Å²) < 4.78 is 22.2. The number of nitrogens with one attached hydrogen (secondary N) is 1. The van der Waals surface area contributed by atoms with Crippen LogP contribution in [0.1, 0.15) is 38.9 Å². The number of fused-ring (bicyclic) bond motifs is 3. The van der Waals surface area contributed by atoms with Crippen molar-refractivity contribution in [3.8, 4) is 17.0 Å². The average Bonchev–Trinajstić information content (AvgIpc) is 3.24. The van der Waals surface area contributed by atoms with Gasteiger partial charge in [-0.25, -0.2) is 9.18 Å². The molecule has 1 aliphatic rings. The van der Waals surface area contributed by atoms with Crippen molar-refractivity contribution in [2.24, 2.45) is 7.05 Å². The number of aromatic carboxylic acids is 1. The maximum Gasteiger partial charge on any atom is 0.337 e. The molecule has 2 N–H and O–H groups in total. The maximum atomic E-state index is 14.8. The van der Waals surface area contributed by atoms with Crippen molar-refractivity contribution in [3.05, 3.63) is 94.9 Å². The van der Waals surface area contributed by atoms with E-state index in [0.29, 0.717) is 17.0 Å². The Kier molecular flexibility index (Phi) is 6.38. The Morgan fingerprint density at radius 1 is 1.08 bits per heavy atom. The van der Waals surface area contributed by atoms with Gasteiger partial charge in [-0.15, -0.1) is 0 Å². The van der Waals surface area contributed by atoms with Crippen LogP contribution in [-0.4, -0.2) is 32.7 Å². The topological polar surface area (TPSA) is 114 Å². The number of carboxylic acid groups (broad SMARTS) is 1. The van der Waals surface area contributed by atoms with E-state index in [9.17, 15) is 23.9 Å². The number of benzene rings is 3. The van der Waals surface area contributed by atoms with Crippen LogP contribution < -0.4 is 15.0 Å². The fourth-order valence-electron chi connectivity index (χ4n) is 4.59. The average molecular weight is 515 g/mol. The van der Waals surface area contributed by atoms with Gasteiger partial charge in [0.25, 0.3) is 5.91 Å².